The van der Waals surface area contributed by atoms with E-state index in [0.29, 0.717) is 25.1 Å². The number of benzene rings is 2. The van der Waals surface area contributed by atoms with Crippen LogP contribution in [0, 0.1) is 10.1 Å². The minimum atomic E-state index is -0.520. The lowest BCUT2D eigenvalue weighted by molar-refractivity contribution is -0.384. The normalized spacial score (nSPS) is 9.90. The summed E-state index contributed by atoms with van der Waals surface area (Å²) in [5.74, 6) is 0.741. The van der Waals surface area contributed by atoms with Gasteiger partial charge in [0, 0.05) is 18.2 Å². The van der Waals surface area contributed by atoms with Gasteiger partial charge in [0.15, 0.2) is 0 Å². The summed E-state index contributed by atoms with van der Waals surface area (Å²) in [6, 6.07) is 13.6. The Balaban J connectivity index is 1.93. The van der Waals surface area contributed by atoms with Gasteiger partial charge in [0.25, 0.3) is 5.69 Å². The molecule has 0 aliphatic carbocycles. The molecule has 0 fully saturated rings. The van der Waals surface area contributed by atoms with Gasteiger partial charge >= 0.3 is 0 Å². The van der Waals surface area contributed by atoms with Gasteiger partial charge in [-0.1, -0.05) is 18.2 Å². The van der Waals surface area contributed by atoms with Crippen molar-refractivity contribution in [2.24, 2.45) is 0 Å². The van der Waals surface area contributed by atoms with E-state index in [-0.39, 0.29) is 11.3 Å². The van der Waals surface area contributed by atoms with E-state index in [9.17, 15) is 14.9 Å². The maximum Gasteiger partial charge on any atom is 0.293 e. The highest BCUT2D eigenvalue weighted by molar-refractivity contribution is 5.79. The third kappa shape index (κ3) is 4.04. The van der Waals surface area contributed by atoms with Crippen LogP contribution in [0.1, 0.15) is 10.4 Å². The van der Waals surface area contributed by atoms with E-state index in [1.165, 1.54) is 18.2 Å². The molecule has 0 aromatic heterocycles. The molecule has 0 saturated carbocycles. The first-order valence-corrected chi connectivity index (χ1v) is 6.36. The summed E-state index contributed by atoms with van der Waals surface area (Å²) in [4.78, 5) is 21.1. The number of nitrogens with one attached hydrogen (secondary N) is 1. The second kappa shape index (κ2) is 7.04. The van der Waals surface area contributed by atoms with Gasteiger partial charge in [0.1, 0.15) is 24.3 Å². The highest BCUT2D eigenvalue weighted by atomic mass is 16.6. The Morgan fingerprint density at radius 1 is 1.19 bits per heavy atom. The first-order chi connectivity index (χ1) is 10.2. The Morgan fingerprint density at radius 2 is 1.95 bits per heavy atom. The first kappa shape index (κ1) is 14.5. The highest BCUT2D eigenvalue weighted by Gasteiger charge is 2.13. The predicted molar refractivity (Wildman–Crippen MR) is 78.9 cm³/mol. The zero-order valence-corrected chi connectivity index (χ0v) is 11.2. The van der Waals surface area contributed by atoms with E-state index >= 15 is 0 Å². The summed E-state index contributed by atoms with van der Waals surface area (Å²) in [6.07, 6.45) is 0.579. The monoisotopic (exact) mass is 286 g/mol. The van der Waals surface area contributed by atoms with Crippen molar-refractivity contribution < 1.29 is 14.5 Å². The average molecular weight is 286 g/mol. The fourth-order valence-corrected chi connectivity index (χ4v) is 1.79. The van der Waals surface area contributed by atoms with Crippen molar-refractivity contribution in [3.63, 3.8) is 0 Å². The number of carbonyl (C=O) groups excluding carboxylic acids is 1. The van der Waals surface area contributed by atoms with Gasteiger partial charge in [0.05, 0.1) is 4.92 Å². The molecule has 0 heterocycles. The second-order valence-corrected chi connectivity index (χ2v) is 4.24. The van der Waals surface area contributed by atoms with Crippen LogP contribution >= 0.6 is 0 Å². The number of hydrogen-bond donors (Lipinski definition) is 1. The molecule has 0 saturated heterocycles. The van der Waals surface area contributed by atoms with Crippen molar-refractivity contribution in [3.05, 3.63) is 64.2 Å². The molecule has 0 unspecified atom stereocenters. The van der Waals surface area contributed by atoms with Gasteiger partial charge in [-0.25, -0.2) is 0 Å². The summed E-state index contributed by atoms with van der Waals surface area (Å²) in [7, 11) is 0. The molecule has 0 atom stereocenters. The Bertz CT molecular complexity index is 629. The maximum atomic E-state index is 11.0. The van der Waals surface area contributed by atoms with Crippen LogP contribution in [0.15, 0.2) is 48.5 Å². The van der Waals surface area contributed by atoms with Crippen LogP contribution in [0.4, 0.5) is 11.4 Å². The third-order valence-electron chi connectivity index (χ3n) is 2.78. The van der Waals surface area contributed by atoms with Crippen molar-refractivity contribution in [3.8, 4) is 5.75 Å². The molecule has 2 aromatic rings. The Hall–Kier alpha value is -2.89. The van der Waals surface area contributed by atoms with Gasteiger partial charge in [-0.2, -0.15) is 0 Å². The molecule has 2 rings (SSSR count). The minimum absolute atomic E-state index is 0.126. The van der Waals surface area contributed by atoms with E-state index in [4.69, 9.17) is 4.74 Å². The van der Waals surface area contributed by atoms with Crippen LogP contribution in [0.5, 0.6) is 5.75 Å². The molecular weight excluding hydrogens is 272 g/mol. The number of aldehydes is 1. The maximum absolute atomic E-state index is 11.0. The second-order valence-electron chi connectivity index (χ2n) is 4.24. The molecule has 0 aliphatic heterocycles. The summed E-state index contributed by atoms with van der Waals surface area (Å²) in [6.45, 7) is 0.784. The summed E-state index contributed by atoms with van der Waals surface area (Å²) < 4.78 is 5.48. The number of anilines is 1. The summed E-state index contributed by atoms with van der Waals surface area (Å²) in [5, 5.41) is 13.9. The van der Waals surface area contributed by atoms with E-state index in [2.05, 4.69) is 5.32 Å². The topological polar surface area (TPSA) is 81.5 Å². The SMILES string of the molecule is O=Cc1ccc(NCCOc2ccccc2)c([N+](=O)[O-])c1. The molecule has 1 N–H and O–H groups in total. The lowest BCUT2D eigenvalue weighted by atomic mass is 10.2. The average Bonchev–Trinajstić information content (AvgIpc) is 2.52. The number of carbonyl (C=O) groups is 1. The number of rotatable bonds is 7. The van der Waals surface area contributed by atoms with Crippen molar-refractivity contribution in [2.75, 3.05) is 18.5 Å². The van der Waals surface area contributed by atoms with Crippen molar-refractivity contribution in [1.82, 2.24) is 0 Å². The lowest BCUT2D eigenvalue weighted by Crippen LogP contribution is -2.12. The molecule has 108 valence electrons. The number of nitro groups is 1. The predicted octanol–water partition coefficient (Wildman–Crippen LogP) is 2.90. The largest absolute Gasteiger partial charge is 0.492 e. The van der Waals surface area contributed by atoms with Gasteiger partial charge in [0.2, 0.25) is 0 Å². The van der Waals surface area contributed by atoms with Crippen LogP contribution < -0.4 is 10.1 Å². The molecule has 6 nitrogen and oxygen atoms in total. The molecule has 21 heavy (non-hydrogen) atoms. The fourth-order valence-electron chi connectivity index (χ4n) is 1.79. The molecular formula is C15H14N2O4. The number of nitro benzene ring substituents is 1. The quantitative estimate of drug-likeness (QED) is 0.366. The highest BCUT2D eigenvalue weighted by Crippen LogP contribution is 2.24. The van der Waals surface area contributed by atoms with Crippen molar-refractivity contribution >= 4 is 17.7 Å². The van der Waals surface area contributed by atoms with Gasteiger partial charge in [-0.15, -0.1) is 0 Å². The van der Waals surface area contributed by atoms with Gasteiger partial charge in [-0.05, 0) is 24.3 Å². The van der Waals surface area contributed by atoms with E-state index in [1.807, 2.05) is 30.3 Å². The van der Waals surface area contributed by atoms with E-state index in [0.717, 1.165) is 5.75 Å². The zero-order chi connectivity index (χ0) is 15.1. The van der Waals surface area contributed by atoms with E-state index < -0.39 is 4.92 Å². The van der Waals surface area contributed by atoms with Crippen LogP contribution in [-0.4, -0.2) is 24.4 Å². The molecule has 0 aliphatic rings. The standard InChI is InChI=1S/C15H14N2O4/c18-11-12-6-7-14(15(10-12)17(19)20)16-8-9-21-13-4-2-1-3-5-13/h1-7,10-11,16H,8-9H2. The lowest BCUT2D eigenvalue weighted by Gasteiger charge is -2.09. The van der Waals surface area contributed by atoms with Crippen LogP contribution in [0.2, 0.25) is 0 Å². The number of para-hydroxylation sites is 1. The zero-order valence-electron chi connectivity index (χ0n) is 11.2. The number of hydrogen-bond acceptors (Lipinski definition) is 5. The van der Waals surface area contributed by atoms with Crippen LogP contribution in [0.3, 0.4) is 0 Å². The summed E-state index contributed by atoms with van der Waals surface area (Å²) >= 11 is 0. The first-order valence-electron chi connectivity index (χ1n) is 6.36. The molecule has 0 radical (unpaired) electrons. The van der Waals surface area contributed by atoms with Gasteiger partial charge < -0.3 is 10.1 Å². The molecule has 6 heteroatoms. The Labute approximate surface area is 121 Å². The molecule has 2 aromatic carbocycles. The number of ether oxygens (including phenoxy) is 1. The van der Waals surface area contributed by atoms with Gasteiger partial charge in [-0.3, -0.25) is 14.9 Å². The van der Waals surface area contributed by atoms with Crippen molar-refractivity contribution in [1.29, 1.82) is 0 Å². The number of nitrogens with zero attached hydrogens (tertiary/aromatic N) is 1. The van der Waals surface area contributed by atoms with E-state index in [1.54, 1.807) is 0 Å². The Kier molecular flexibility index (Phi) is 4.87. The minimum Gasteiger partial charge on any atom is -0.492 e. The summed E-state index contributed by atoms with van der Waals surface area (Å²) in [5.41, 5.74) is 0.509. The molecule has 0 amide bonds. The van der Waals surface area contributed by atoms with Crippen LogP contribution in [-0.2, 0) is 0 Å². The smallest absolute Gasteiger partial charge is 0.293 e. The van der Waals surface area contributed by atoms with Crippen molar-refractivity contribution in [2.45, 2.75) is 0 Å². The Morgan fingerprint density at radius 3 is 2.62 bits per heavy atom. The molecule has 0 spiro atoms. The third-order valence-corrected chi connectivity index (χ3v) is 2.78. The molecule has 0 bridgehead atoms. The fraction of sp³-hybridized carbons (Fsp3) is 0.133. The van der Waals surface area contributed by atoms with Crippen LogP contribution in [0.25, 0.3) is 0 Å².